The first-order valence-electron chi connectivity index (χ1n) is 26.3. The van der Waals surface area contributed by atoms with Crippen LogP contribution in [0.4, 0.5) is 15.3 Å². The van der Waals surface area contributed by atoms with E-state index in [2.05, 4.69) is 42.5 Å². The van der Waals surface area contributed by atoms with Crippen molar-refractivity contribution >= 4 is 59.2 Å². The number of imide groups is 1. The number of fused-ring (bicyclic) bond motifs is 4. The number of carbonyl (C=O) groups excluding carboxylic acids is 9. The number of hydrogen-bond donors (Lipinski definition) is 8. The zero-order valence-electron chi connectivity index (χ0n) is 43.9. The van der Waals surface area contributed by atoms with E-state index in [-0.39, 0.29) is 76.6 Å². The number of alkyl carbamates (subject to hydrolysis) is 1. The SMILES string of the molecule is O=C(CNC(=O)OCC1c2ccccc2-c2ccccc21)NCC(=O)N[C@@H](Cc1ccccc1)C(=O)NCC(=O)NCOCc1ccc(COc2ccc(NC(=O)NCc3ccc4c(c3)CN(C3CCC(=O)NC3=O)C4=O)cc2)cc1. The minimum atomic E-state index is -1.09. The molecule has 1 unspecified atom stereocenters. The molecule has 21 nitrogen and oxygen atoms in total. The molecule has 0 aromatic heterocycles. The first-order chi connectivity index (χ1) is 39.3. The van der Waals surface area contributed by atoms with E-state index in [0.29, 0.717) is 17.0 Å². The van der Waals surface area contributed by atoms with Crippen molar-refractivity contribution in [2.75, 3.05) is 38.3 Å². The summed E-state index contributed by atoms with van der Waals surface area (Å²) in [6.45, 7) is -0.510. The highest BCUT2D eigenvalue weighted by atomic mass is 16.5. The lowest BCUT2D eigenvalue weighted by Gasteiger charge is -2.29. The quantitative estimate of drug-likeness (QED) is 0.0251. The molecule has 1 saturated heterocycles. The molecule has 0 bridgehead atoms. The topological polar surface area (TPSA) is 281 Å². The summed E-state index contributed by atoms with van der Waals surface area (Å²) in [4.78, 5) is 115. The highest BCUT2D eigenvalue weighted by molar-refractivity contribution is 6.05. The van der Waals surface area contributed by atoms with Crippen LogP contribution in [-0.4, -0.2) is 103 Å². The number of nitrogens with one attached hydrogen (secondary N) is 8. The van der Waals surface area contributed by atoms with Crippen molar-refractivity contribution in [3.05, 3.63) is 190 Å². The Kier molecular flexibility index (Phi) is 18.4. The highest BCUT2D eigenvalue weighted by Gasteiger charge is 2.39. The fourth-order valence-corrected chi connectivity index (χ4v) is 9.63. The van der Waals surface area contributed by atoms with E-state index in [1.165, 1.54) is 4.90 Å². The number of ether oxygens (including phenoxy) is 3. The maximum atomic E-state index is 13.3. The molecule has 6 aromatic rings. The lowest BCUT2D eigenvalue weighted by molar-refractivity contribution is -0.137. The molecule has 6 aromatic carbocycles. The molecule has 8 N–H and O–H groups in total. The normalized spacial score (nSPS) is 14.5. The summed E-state index contributed by atoms with van der Waals surface area (Å²) in [5.74, 6) is -3.13. The predicted molar refractivity (Wildman–Crippen MR) is 295 cm³/mol. The monoisotopic (exact) mass is 1100 g/mol. The van der Waals surface area contributed by atoms with E-state index in [0.717, 1.165) is 50.1 Å². The van der Waals surface area contributed by atoms with Gasteiger partial charge in [0, 0.05) is 43.1 Å². The van der Waals surface area contributed by atoms with Gasteiger partial charge in [0.05, 0.1) is 19.7 Å². The predicted octanol–water partition coefficient (Wildman–Crippen LogP) is 4.44. The van der Waals surface area contributed by atoms with Crippen LogP contribution in [0.25, 0.3) is 11.1 Å². The molecule has 416 valence electrons. The van der Waals surface area contributed by atoms with Gasteiger partial charge in [-0.1, -0.05) is 115 Å². The van der Waals surface area contributed by atoms with Crippen LogP contribution in [-0.2, 0) is 71.0 Å². The van der Waals surface area contributed by atoms with E-state index in [4.69, 9.17) is 14.2 Å². The Bertz CT molecular complexity index is 3280. The second kappa shape index (κ2) is 26.6. The second-order valence-electron chi connectivity index (χ2n) is 19.4. The molecule has 2 atom stereocenters. The van der Waals surface area contributed by atoms with Crippen molar-refractivity contribution in [2.24, 2.45) is 0 Å². The summed E-state index contributed by atoms with van der Waals surface area (Å²) in [6.07, 6.45) is -0.238. The third kappa shape index (κ3) is 15.0. The van der Waals surface area contributed by atoms with E-state index in [9.17, 15) is 43.2 Å². The van der Waals surface area contributed by atoms with Crippen molar-refractivity contribution < 1.29 is 57.4 Å². The lowest BCUT2D eigenvalue weighted by atomic mass is 9.98. The molecule has 3 aliphatic rings. The van der Waals surface area contributed by atoms with Gasteiger partial charge in [-0.05, 0) is 86.8 Å². The smallest absolute Gasteiger partial charge is 0.407 e. The van der Waals surface area contributed by atoms with Gasteiger partial charge in [-0.25, -0.2) is 9.59 Å². The number of rotatable bonds is 23. The maximum Gasteiger partial charge on any atom is 0.407 e. The summed E-state index contributed by atoms with van der Waals surface area (Å²) in [5.41, 5.74) is 9.28. The van der Waals surface area contributed by atoms with Gasteiger partial charge in [-0.3, -0.25) is 38.9 Å². The van der Waals surface area contributed by atoms with E-state index in [1.807, 2.05) is 84.9 Å². The van der Waals surface area contributed by atoms with Gasteiger partial charge >= 0.3 is 12.1 Å². The molecular formula is C60H59N9O12. The molecule has 1 aliphatic carbocycles. The third-order valence-electron chi connectivity index (χ3n) is 13.8. The Morgan fingerprint density at radius 3 is 1.98 bits per heavy atom. The minimum Gasteiger partial charge on any atom is -0.489 e. The van der Waals surface area contributed by atoms with Gasteiger partial charge in [0.1, 0.15) is 44.3 Å². The largest absolute Gasteiger partial charge is 0.489 e. The summed E-state index contributed by atoms with van der Waals surface area (Å²) in [7, 11) is 0. The number of anilines is 1. The van der Waals surface area contributed by atoms with Crippen LogP contribution in [0, 0.1) is 0 Å². The summed E-state index contributed by atoms with van der Waals surface area (Å²) >= 11 is 0. The van der Waals surface area contributed by atoms with Crippen molar-refractivity contribution in [2.45, 2.75) is 63.6 Å². The minimum absolute atomic E-state index is 0.0698. The van der Waals surface area contributed by atoms with E-state index >= 15 is 0 Å². The Balaban J connectivity index is 0.632. The summed E-state index contributed by atoms with van der Waals surface area (Å²) in [5, 5.41) is 20.5. The molecule has 21 heteroatoms. The first kappa shape index (κ1) is 55.9. The van der Waals surface area contributed by atoms with Crippen molar-refractivity contribution in [3.8, 4) is 16.9 Å². The third-order valence-corrected chi connectivity index (χ3v) is 13.8. The van der Waals surface area contributed by atoms with Crippen LogP contribution in [0.2, 0.25) is 0 Å². The van der Waals surface area contributed by atoms with Gasteiger partial charge < -0.3 is 56.3 Å². The van der Waals surface area contributed by atoms with Crippen molar-refractivity contribution in [1.82, 2.24) is 42.1 Å². The lowest BCUT2D eigenvalue weighted by Crippen LogP contribution is -2.52. The van der Waals surface area contributed by atoms with Crippen LogP contribution in [0.5, 0.6) is 5.75 Å². The Morgan fingerprint density at radius 2 is 1.26 bits per heavy atom. The number of amides is 10. The van der Waals surface area contributed by atoms with Crippen molar-refractivity contribution in [1.29, 1.82) is 0 Å². The maximum absolute atomic E-state index is 13.3. The average molecular weight is 1100 g/mol. The number of benzene rings is 6. The molecule has 0 spiro atoms. The van der Waals surface area contributed by atoms with Crippen LogP contribution < -0.4 is 47.3 Å². The Morgan fingerprint density at radius 1 is 0.617 bits per heavy atom. The number of carbonyl (C=O) groups is 9. The molecule has 0 saturated carbocycles. The zero-order chi connectivity index (χ0) is 56.7. The van der Waals surface area contributed by atoms with Crippen LogP contribution >= 0.6 is 0 Å². The Labute approximate surface area is 465 Å². The average Bonchev–Trinajstić information content (AvgIpc) is 4.09. The van der Waals surface area contributed by atoms with Gasteiger partial charge in [-0.2, -0.15) is 0 Å². The molecule has 10 amide bonds. The molecule has 1 fully saturated rings. The zero-order valence-corrected chi connectivity index (χ0v) is 43.9. The van der Waals surface area contributed by atoms with Crippen LogP contribution in [0.1, 0.15) is 68.1 Å². The second-order valence-corrected chi connectivity index (χ2v) is 19.4. The molecule has 2 aliphatic heterocycles. The Hall–Kier alpha value is -9.89. The number of urea groups is 1. The highest BCUT2D eigenvalue weighted by Crippen LogP contribution is 2.44. The number of piperidine rings is 1. The molecule has 81 heavy (non-hydrogen) atoms. The summed E-state index contributed by atoms with van der Waals surface area (Å²) in [6, 6.07) is 42.2. The van der Waals surface area contributed by atoms with E-state index < -0.39 is 73.4 Å². The van der Waals surface area contributed by atoms with Gasteiger partial charge in [0.15, 0.2) is 0 Å². The van der Waals surface area contributed by atoms with Gasteiger partial charge in [0.25, 0.3) is 5.91 Å². The molecule has 2 heterocycles. The first-order valence-corrected chi connectivity index (χ1v) is 26.3. The standard InChI is InChI=1S/C60H59N9O12/c70-52-25-24-51(57(75)68-52)69-32-41-26-40(18-23-44(41)58(69)76)28-63-59(77)66-42-19-21-43(22-20-42)80-34-39-16-14-38(15-17-39)33-79-36-65-54(72)29-62-56(74)50(27-37-8-2-1-3-9-37)67-55(73)31-61-53(71)30-64-60(78)81-35-49-47-12-6-4-10-45(47)46-11-5-7-13-48(46)49/h1-23,26,49-51H,24-25,27-36H2,(H,61,71)(H,62,74)(H,64,78)(H,65,72)(H,67,73)(H2,63,66,77)(H,68,70,75)/t50-,51?/m0/s1. The number of nitrogens with zero attached hydrogens (tertiary/aromatic N) is 1. The van der Waals surface area contributed by atoms with Crippen LogP contribution in [0.15, 0.2) is 146 Å². The molecule has 9 rings (SSSR count). The number of hydrogen-bond acceptors (Lipinski definition) is 12. The summed E-state index contributed by atoms with van der Waals surface area (Å²) < 4.78 is 17.1. The van der Waals surface area contributed by atoms with Crippen LogP contribution in [0.3, 0.4) is 0 Å². The van der Waals surface area contributed by atoms with Crippen molar-refractivity contribution in [3.63, 3.8) is 0 Å². The van der Waals surface area contributed by atoms with Gasteiger partial charge in [-0.15, -0.1) is 0 Å². The fourth-order valence-electron chi connectivity index (χ4n) is 9.63. The van der Waals surface area contributed by atoms with Gasteiger partial charge in [0.2, 0.25) is 35.4 Å². The molecular weight excluding hydrogens is 1040 g/mol. The van der Waals surface area contributed by atoms with E-state index in [1.54, 1.807) is 60.7 Å². The fraction of sp³-hybridized carbons (Fsp3) is 0.250. The molecule has 0 radical (unpaired) electrons.